The van der Waals surface area contributed by atoms with Gasteiger partial charge < -0.3 is 8.83 Å². The lowest BCUT2D eigenvalue weighted by Crippen LogP contribution is -1.96. The SMILES string of the molecule is CC(c1ccc(-c2cccc3c2oc2ccccc23)cc1)c1cccc(-c2cccc3c2oc2ccccc23)c1. The highest BCUT2D eigenvalue weighted by molar-refractivity contribution is 6.10. The van der Waals surface area contributed by atoms with Crippen LogP contribution in [0, 0.1) is 0 Å². The van der Waals surface area contributed by atoms with E-state index >= 15 is 0 Å². The minimum Gasteiger partial charge on any atom is -0.455 e. The lowest BCUT2D eigenvalue weighted by Gasteiger charge is -2.15. The summed E-state index contributed by atoms with van der Waals surface area (Å²) in [6.45, 7) is 2.27. The molecule has 0 N–H and O–H groups in total. The zero-order valence-corrected chi connectivity index (χ0v) is 22.1. The highest BCUT2D eigenvalue weighted by Crippen LogP contribution is 2.38. The summed E-state index contributed by atoms with van der Waals surface area (Å²) in [5, 5.41) is 4.62. The van der Waals surface area contributed by atoms with Crippen molar-refractivity contribution in [2.24, 2.45) is 0 Å². The van der Waals surface area contributed by atoms with E-state index in [1.54, 1.807) is 0 Å². The fraction of sp³-hybridized carbons (Fsp3) is 0.0526. The van der Waals surface area contributed by atoms with Crippen molar-refractivity contribution in [1.29, 1.82) is 0 Å². The summed E-state index contributed by atoms with van der Waals surface area (Å²) in [7, 11) is 0. The number of benzene rings is 6. The largest absolute Gasteiger partial charge is 0.455 e. The molecule has 190 valence electrons. The highest BCUT2D eigenvalue weighted by atomic mass is 16.3. The van der Waals surface area contributed by atoms with Crippen LogP contribution < -0.4 is 0 Å². The van der Waals surface area contributed by atoms with E-state index in [-0.39, 0.29) is 5.92 Å². The first kappa shape index (κ1) is 22.9. The average molecular weight is 515 g/mol. The van der Waals surface area contributed by atoms with Crippen LogP contribution in [-0.4, -0.2) is 0 Å². The third-order valence-electron chi connectivity index (χ3n) is 8.23. The van der Waals surface area contributed by atoms with Crippen molar-refractivity contribution >= 4 is 43.9 Å². The fourth-order valence-electron chi connectivity index (χ4n) is 6.07. The Hall–Kier alpha value is -5.08. The van der Waals surface area contributed by atoms with Gasteiger partial charge in [0, 0.05) is 38.6 Å². The molecule has 0 aliphatic carbocycles. The summed E-state index contributed by atoms with van der Waals surface area (Å²) < 4.78 is 12.6. The number of rotatable bonds is 4. The molecule has 0 aliphatic rings. The van der Waals surface area contributed by atoms with E-state index in [2.05, 4.69) is 116 Å². The summed E-state index contributed by atoms with van der Waals surface area (Å²) in [5.41, 5.74) is 10.9. The summed E-state index contributed by atoms with van der Waals surface area (Å²) in [6.07, 6.45) is 0. The zero-order chi connectivity index (χ0) is 26.6. The molecule has 2 aromatic heterocycles. The number of hydrogen-bond donors (Lipinski definition) is 0. The van der Waals surface area contributed by atoms with Crippen LogP contribution in [0.25, 0.3) is 66.1 Å². The Bertz CT molecular complexity index is 2180. The van der Waals surface area contributed by atoms with E-state index in [0.717, 1.165) is 60.6 Å². The van der Waals surface area contributed by atoms with Gasteiger partial charge in [-0.2, -0.15) is 0 Å². The second kappa shape index (κ2) is 9.00. The van der Waals surface area contributed by atoms with E-state index in [4.69, 9.17) is 8.83 Å². The van der Waals surface area contributed by atoms with Gasteiger partial charge in [0.1, 0.15) is 22.3 Å². The first-order valence-electron chi connectivity index (χ1n) is 13.8. The Morgan fingerprint density at radius 2 is 0.950 bits per heavy atom. The molecule has 8 rings (SSSR count). The number of para-hydroxylation sites is 4. The molecule has 0 saturated carbocycles. The van der Waals surface area contributed by atoms with Crippen molar-refractivity contribution in [3.05, 3.63) is 145 Å². The normalized spacial score (nSPS) is 12.5. The number of hydrogen-bond acceptors (Lipinski definition) is 2. The van der Waals surface area contributed by atoms with Gasteiger partial charge in [0.15, 0.2) is 0 Å². The van der Waals surface area contributed by atoms with Gasteiger partial charge in [-0.1, -0.05) is 128 Å². The van der Waals surface area contributed by atoms with Crippen LogP contribution in [0.3, 0.4) is 0 Å². The monoisotopic (exact) mass is 514 g/mol. The van der Waals surface area contributed by atoms with E-state index in [1.165, 1.54) is 16.7 Å². The Labute approximate surface area is 232 Å². The van der Waals surface area contributed by atoms with Crippen molar-refractivity contribution in [2.45, 2.75) is 12.8 Å². The Morgan fingerprint density at radius 1 is 0.425 bits per heavy atom. The van der Waals surface area contributed by atoms with Crippen LogP contribution in [-0.2, 0) is 0 Å². The third-order valence-corrected chi connectivity index (χ3v) is 8.23. The summed E-state index contributed by atoms with van der Waals surface area (Å²) in [5.74, 6) is 0.242. The minimum absolute atomic E-state index is 0.242. The van der Waals surface area contributed by atoms with E-state index in [1.807, 2.05) is 24.3 Å². The molecular weight excluding hydrogens is 488 g/mol. The maximum atomic E-state index is 6.32. The summed E-state index contributed by atoms with van der Waals surface area (Å²) in [6, 6.07) is 47.1. The van der Waals surface area contributed by atoms with E-state index in [9.17, 15) is 0 Å². The molecule has 0 amide bonds. The van der Waals surface area contributed by atoms with Crippen LogP contribution in [0.4, 0.5) is 0 Å². The third kappa shape index (κ3) is 3.57. The van der Waals surface area contributed by atoms with Crippen molar-refractivity contribution in [3.8, 4) is 22.3 Å². The first-order valence-corrected chi connectivity index (χ1v) is 13.8. The molecule has 0 bridgehead atoms. The predicted molar refractivity (Wildman–Crippen MR) is 166 cm³/mol. The molecule has 8 aromatic rings. The average Bonchev–Trinajstić information content (AvgIpc) is 3.59. The van der Waals surface area contributed by atoms with Gasteiger partial charge in [0.25, 0.3) is 0 Å². The quantitative estimate of drug-likeness (QED) is 0.233. The van der Waals surface area contributed by atoms with Gasteiger partial charge in [0.05, 0.1) is 0 Å². The molecule has 0 aliphatic heterocycles. The van der Waals surface area contributed by atoms with Gasteiger partial charge in [0.2, 0.25) is 0 Å². The van der Waals surface area contributed by atoms with Crippen LogP contribution in [0.5, 0.6) is 0 Å². The van der Waals surface area contributed by atoms with Gasteiger partial charge in [-0.3, -0.25) is 0 Å². The molecule has 0 spiro atoms. The Kier molecular flexibility index (Phi) is 5.14. The minimum atomic E-state index is 0.242. The van der Waals surface area contributed by atoms with Crippen molar-refractivity contribution in [3.63, 3.8) is 0 Å². The van der Waals surface area contributed by atoms with E-state index < -0.39 is 0 Å². The van der Waals surface area contributed by atoms with Gasteiger partial charge in [-0.05, 0) is 34.4 Å². The second-order valence-electron chi connectivity index (χ2n) is 10.5. The van der Waals surface area contributed by atoms with Gasteiger partial charge in [-0.15, -0.1) is 0 Å². The number of furan rings is 2. The van der Waals surface area contributed by atoms with Gasteiger partial charge >= 0.3 is 0 Å². The number of fused-ring (bicyclic) bond motifs is 6. The predicted octanol–water partition coefficient (Wildman–Crippen LogP) is 11.0. The molecule has 2 heterocycles. The fourth-order valence-corrected chi connectivity index (χ4v) is 6.07. The molecule has 0 saturated heterocycles. The molecule has 0 fully saturated rings. The molecule has 2 nitrogen and oxygen atoms in total. The lowest BCUT2D eigenvalue weighted by atomic mass is 9.89. The Balaban J connectivity index is 1.15. The lowest BCUT2D eigenvalue weighted by molar-refractivity contribution is 0.669. The van der Waals surface area contributed by atoms with Gasteiger partial charge in [-0.25, -0.2) is 0 Å². The molecule has 2 heteroatoms. The summed E-state index contributed by atoms with van der Waals surface area (Å²) in [4.78, 5) is 0. The smallest absolute Gasteiger partial charge is 0.143 e. The summed E-state index contributed by atoms with van der Waals surface area (Å²) >= 11 is 0. The topological polar surface area (TPSA) is 26.3 Å². The molecule has 6 aromatic carbocycles. The molecule has 1 unspecified atom stereocenters. The van der Waals surface area contributed by atoms with Crippen LogP contribution in [0.1, 0.15) is 24.0 Å². The molecule has 40 heavy (non-hydrogen) atoms. The molecular formula is C38H26O2. The zero-order valence-electron chi connectivity index (χ0n) is 22.1. The molecule has 1 atom stereocenters. The van der Waals surface area contributed by atoms with Crippen LogP contribution in [0.2, 0.25) is 0 Å². The van der Waals surface area contributed by atoms with Crippen molar-refractivity contribution < 1.29 is 8.83 Å². The maximum Gasteiger partial charge on any atom is 0.143 e. The second-order valence-corrected chi connectivity index (χ2v) is 10.5. The first-order chi connectivity index (χ1) is 19.7. The van der Waals surface area contributed by atoms with Crippen molar-refractivity contribution in [2.75, 3.05) is 0 Å². The van der Waals surface area contributed by atoms with Crippen molar-refractivity contribution in [1.82, 2.24) is 0 Å². The van der Waals surface area contributed by atoms with E-state index in [0.29, 0.717) is 0 Å². The Morgan fingerprint density at radius 3 is 1.57 bits per heavy atom. The standard InChI is InChI=1S/C38H26O2/c1-24(25-19-21-26(22-20-25)29-13-7-15-33-31-11-2-4-17-35(31)39-37(29)33)27-9-6-10-28(23-27)30-14-8-16-34-32-12-3-5-18-36(32)40-38(30)34/h2-24H,1H3. The maximum absolute atomic E-state index is 6.32. The highest BCUT2D eigenvalue weighted by Gasteiger charge is 2.16. The van der Waals surface area contributed by atoms with Crippen LogP contribution in [0.15, 0.2) is 142 Å². The van der Waals surface area contributed by atoms with Crippen LogP contribution >= 0.6 is 0 Å². The molecule has 0 radical (unpaired) electrons.